The van der Waals surface area contributed by atoms with E-state index >= 15 is 0 Å². The predicted molar refractivity (Wildman–Crippen MR) is 119 cm³/mol. The van der Waals surface area contributed by atoms with Crippen LogP contribution in [0.5, 0.6) is 0 Å². The highest BCUT2D eigenvalue weighted by Gasteiger charge is 2.36. The van der Waals surface area contributed by atoms with Gasteiger partial charge >= 0.3 is 6.09 Å². The van der Waals surface area contributed by atoms with Crippen LogP contribution in [0.1, 0.15) is 62.7 Å². The second kappa shape index (κ2) is 9.60. The molecule has 0 spiro atoms. The van der Waals surface area contributed by atoms with E-state index in [1.54, 1.807) is 11.3 Å². The Balaban J connectivity index is 1.53. The molecule has 1 aliphatic rings. The van der Waals surface area contributed by atoms with Crippen molar-refractivity contribution in [3.63, 3.8) is 0 Å². The number of hydrogen-bond donors (Lipinski definition) is 2. The number of alkyl carbamates (subject to hydrolysis) is 1. The summed E-state index contributed by atoms with van der Waals surface area (Å²) in [6.07, 6.45) is 4.35. The van der Waals surface area contributed by atoms with Crippen LogP contribution in [0, 0.1) is 0 Å². The number of benzene rings is 1. The number of thiazole rings is 1. The summed E-state index contributed by atoms with van der Waals surface area (Å²) in [5.41, 5.74) is 1.05. The lowest BCUT2D eigenvalue weighted by Crippen LogP contribution is -2.54. The molecule has 0 radical (unpaired) electrons. The van der Waals surface area contributed by atoms with Crippen LogP contribution in [-0.2, 0) is 22.4 Å². The zero-order valence-electron chi connectivity index (χ0n) is 18.0. The Morgan fingerprint density at radius 3 is 2.53 bits per heavy atom. The standard InChI is InChI=1S/C23H31N3O3S/c1-22(2,3)29-21(28)24-16-23(11-7-8-12-23)26-19(27)14-18-15-30-20(25-18)13-17-9-5-4-6-10-17/h4-6,9-10,15H,7-8,11-14,16H2,1-3H3,(H,24,28)(H,26,27). The van der Waals surface area contributed by atoms with Gasteiger partial charge in [0.2, 0.25) is 5.91 Å². The summed E-state index contributed by atoms with van der Waals surface area (Å²) >= 11 is 1.58. The Labute approximate surface area is 182 Å². The summed E-state index contributed by atoms with van der Waals surface area (Å²) < 4.78 is 5.32. The number of carbonyl (C=O) groups is 2. The van der Waals surface area contributed by atoms with E-state index in [2.05, 4.69) is 27.8 Å². The molecule has 7 heteroatoms. The SMILES string of the molecule is CC(C)(C)OC(=O)NCC1(NC(=O)Cc2csc(Cc3ccccc3)n2)CCCC1. The van der Waals surface area contributed by atoms with Crippen molar-refractivity contribution in [2.45, 2.75) is 70.4 Å². The van der Waals surface area contributed by atoms with Crippen molar-refractivity contribution in [1.82, 2.24) is 15.6 Å². The van der Waals surface area contributed by atoms with E-state index in [4.69, 9.17) is 4.74 Å². The number of aromatic nitrogens is 1. The van der Waals surface area contributed by atoms with Crippen LogP contribution in [0.4, 0.5) is 4.79 Å². The first kappa shape index (κ1) is 22.3. The van der Waals surface area contributed by atoms with Crippen molar-refractivity contribution in [3.8, 4) is 0 Å². The largest absolute Gasteiger partial charge is 0.444 e. The molecule has 1 aromatic carbocycles. The van der Waals surface area contributed by atoms with Crippen LogP contribution in [0.25, 0.3) is 0 Å². The van der Waals surface area contributed by atoms with Crippen molar-refractivity contribution in [1.29, 1.82) is 0 Å². The van der Waals surface area contributed by atoms with E-state index in [1.165, 1.54) is 5.56 Å². The van der Waals surface area contributed by atoms with E-state index < -0.39 is 17.2 Å². The van der Waals surface area contributed by atoms with Crippen LogP contribution in [0.3, 0.4) is 0 Å². The highest BCUT2D eigenvalue weighted by Crippen LogP contribution is 2.29. The summed E-state index contributed by atoms with van der Waals surface area (Å²) in [5, 5.41) is 8.97. The predicted octanol–water partition coefficient (Wildman–Crippen LogP) is 4.23. The average molecular weight is 430 g/mol. The highest BCUT2D eigenvalue weighted by atomic mass is 32.1. The maximum atomic E-state index is 12.7. The molecule has 0 aliphatic heterocycles. The van der Waals surface area contributed by atoms with Gasteiger partial charge in [0.1, 0.15) is 5.60 Å². The Morgan fingerprint density at radius 2 is 1.87 bits per heavy atom. The first-order valence-corrected chi connectivity index (χ1v) is 11.4. The Bertz CT molecular complexity index is 852. The van der Waals surface area contributed by atoms with Gasteiger partial charge in [0.25, 0.3) is 0 Å². The second-order valence-electron chi connectivity index (χ2n) is 8.96. The van der Waals surface area contributed by atoms with Gasteiger partial charge in [0.05, 0.1) is 22.7 Å². The van der Waals surface area contributed by atoms with E-state index in [-0.39, 0.29) is 12.3 Å². The Kier molecular flexibility index (Phi) is 7.13. The van der Waals surface area contributed by atoms with Crippen molar-refractivity contribution >= 4 is 23.3 Å². The van der Waals surface area contributed by atoms with Gasteiger partial charge in [-0.15, -0.1) is 11.3 Å². The zero-order valence-corrected chi connectivity index (χ0v) is 18.8. The fourth-order valence-corrected chi connectivity index (χ4v) is 4.57. The van der Waals surface area contributed by atoms with Crippen LogP contribution >= 0.6 is 11.3 Å². The molecule has 1 heterocycles. The molecule has 162 valence electrons. The smallest absolute Gasteiger partial charge is 0.407 e. The van der Waals surface area contributed by atoms with Gasteiger partial charge in [0, 0.05) is 18.3 Å². The lowest BCUT2D eigenvalue weighted by molar-refractivity contribution is -0.122. The van der Waals surface area contributed by atoms with Crippen molar-refractivity contribution in [2.75, 3.05) is 6.54 Å². The molecule has 0 bridgehead atoms. The molecule has 30 heavy (non-hydrogen) atoms. The van der Waals surface area contributed by atoms with E-state index in [0.29, 0.717) is 6.54 Å². The molecule has 3 rings (SSSR count). The number of hydrogen-bond acceptors (Lipinski definition) is 5. The Hall–Kier alpha value is -2.41. The third-order valence-corrected chi connectivity index (χ3v) is 5.97. The minimum atomic E-state index is -0.543. The lowest BCUT2D eigenvalue weighted by Gasteiger charge is -2.31. The van der Waals surface area contributed by atoms with Crippen molar-refractivity contribution in [2.24, 2.45) is 0 Å². The molecule has 2 aromatic rings. The fourth-order valence-electron chi connectivity index (χ4n) is 3.74. The molecule has 6 nitrogen and oxygen atoms in total. The van der Waals surface area contributed by atoms with Gasteiger partial charge in [0.15, 0.2) is 0 Å². The number of nitrogens with zero attached hydrogens (tertiary/aromatic N) is 1. The van der Waals surface area contributed by atoms with Crippen molar-refractivity contribution < 1.29 is 14.3 Å². The summed E-state index contributed by atoms with van der Waals surface area (Å²) in [6, 6.07) is 10.2. The summed E-state index contributed by atoms with van der Waals surface area (Å²) in [5.74, 6) is -0.0561. The van der Waals surface area contributed by atoms with Crippen LogP contribution in [0.15, 0.2) is 35.7 Å². The van der Waals surface area contributed by atoms with Gasteiger partial charge in [-0.25, -0.2) is 9.78 Å². The molecule has 0 atom stereocenters. The highest BCUT2D eigenvalue weighted by molar-refractivity contribution is 7.09. The minimum Gasteiger partial charge on any atom is -0.444 e. The molecule has 1 saturated carbocycles. The lowest BCUT2D eigenvalue weighted by atomic mass is 9.97. The molecule has 2 N–H and O–H groups in total. The fraction of sp³-hybridized carbons (Fsp3) is 0.522. The Morgan fingerprint density at radius 1 is 1.17 bits per heavy atom. The van der Waals surface area contributed by atoms with E-state index in [0.717, 1.165) is 42.8 Å². The average Bonchev–Trinajstić information content (AvgIpc) is 3.30. The monoisotopic (exact) mass is 429 g/mol. The third-order valence-electron chi connectivity index (χ3n) is 5.07. The van der Waals surface area contributed by atoms with Gasteiger partial charge < -0.3 is 15.4 Å². The molecule has 0 unspecified atom stereocenters. The minimum absolute atomic E-state index is 0.0561. The van der Waals surface area contributed by atoms with Crippen molar-refractivity contribution in [3.05, 3.63) is 52.0 Å². The maximum Gasteiger partial charge on any atom is 0.407 e. The van der Waals surface area contributed by atoms with Crippen LogP contribution < -0.4 is 10.6 Å². The molecule has 1 aromatic heterocycles. The first-order chi connectivity index (χ1) is 14.2. The van der Waals surface area contributed by atoms with Gasteiger partial charge in [-0.05, 0) is 39.2 Å². The van der Waals surface area contributed by atoms with Gasteiger partial charge in [-0.1, -0.05) is 43.2 Å². The van der Waals surface area contributed by atoms with E-state index in [1.807, 2.05) is 44.4 Å². The third kappa shape index (κ3) is 6.83. The second-order valence-corrected chi connectivity index (χ2v) is 9.91. The molecular weight excluding hydrogens is 398 g/mol. The number of nitrogens with one attached hydrogen (secondary N) is 2. The topological polar surface area (TPSA) is 80.3 Å². The van der Waals surface area contributed by atoms with E-state index in [9.17, 15) is 9.59 Å². The molecule has 1 fully saturated rings. The van der Waals surface area contributed by atoms with Crippen LogP contribution in [0.2, 0.25) is 0 Å². The van der Waals surface area contributed by atoms with Crippen LogP contribution in [-0.4, -0.2) is 34.7 Å². The zero-order chi connectivity index (χ0) is 21.6. The number of carbonyl (C=O) groups excluding carboxylic acids is 2. The summed E-state index contributed by atoms with van der Waals surface area (Å²) in [4.78, 5) is 29.4. The molecular formula is C23H31N3O3S. The number of ether oxygens (including phenoxy) is 1. The first-order valence-electron chi connectivity index (χ1n) is 10.5. The number of amides is 2. The normalized spacial score (nSPS) is 15.6. The summed E-state index contributed by atoms with van der Waals surface area (Å²) in [7, 11) is 0. The van der Waals surface area contributed by atoms with Gasteiger partial charge in [-0.3, -0.25) is 4.79 Å². The molecule has 0 saturated heterocycles. The quantitative estimate of drug-likeness (QED) is 0.690. The number of rotatable bonds is 7. The molecule has 1 aliphatic carbocycles. The van der Waals surface area contributed by atoms with Gasteiger partial charge in [-0.2, -0.15) is 0 Å². The summed E-state index contributed by atoms with van der Waals surface area (Å²) in [6.45, 7) is 5.88. The molecule has 2 amide bonds. The maximum absolute atomic E-state index is 12.7.